The van der Waals surface area contributed by atoms with Crippen molar-refractivity contribution in [2.24, 2.45) is 5.92 Å². The van der Waals surface area contributed by atoms with Crippen LogP contribution in [0.1, 0.15) is 38.5 Å². The molecule has 1 heterocycles. The number of aliphatic hydroxyl groups excluding tert-OH is 1. The lowest BCUT2D eigenvalue weighted by Crippen LogP contribution is -2.55. The number of β-amino-alcohol motifs (C(OH)–C–C–N with tert-alkyl or cyclic N) is 1. The fourth-order valence-electron chi connectivity index (χ4n) is 2.67. The van der Waals surface area contributed by atoms with Crippen LogP contribution < -0.4 is 5.32 Å². The van der Waals surface area contributed by atoms with Crippen molar-refractivity contribution in [3.63, 3.8) is 0 Å². The number of rotatable bonds is 5. The van der Waals surface area contributed by atoms with Crippen molar-refractivity contribution in [1.29, 1.82) is 0 Å². The lowest BCUT2D eigenvalue weighted by molar-refractivity contribution is -0.141. The van der Waals surface area contributed by atoms with Crippen LogP contribution in [0.3, 0.4) is 0 Å². The summed E-state index contributed by atoms with van der Waals surface area (Å²) in [5.74, 6) is 0.572. The molecule has 1 saturated carbocycles. The zero-order valence-electron chi connectivity index (χ0n) is 10.7. The van der Waals surface area contributed by atoms with E-state index in [0.717, 1.165) is 6.42 Å². The SMILES string of the molecule is O=C(CCC1CCCC1)NCC(=O)N1CC(O)C1. The molecule has 0 atom stereocenters. The zero-order valence-corrected chi connectivity index (χ0v) is 10.7. The molecule has 5 heteroatoms. The lowest BCUT2D eigenvalue weighted by Gasteiger charge is -2.35. The average Bonchev–Trinajstić information content (AvgIpc) is 2.82. The standard InChI is InChI=1S/C13H22N2O3/c16-11-8-15(9-11)13(18)7-14-12(17)6-5-10-3-1-2-4-10/h10-11,16H,1-9H2,(H,14,17). The summed E-state index contributed by atoms with van der Waals surface area (Å²) in [4.78, 5) is 24.7. The molecule has 0 spiro atoms. The van der Waals surface area contributed by atoms with E-state index in [9.17, 15) is 9.59 Å². The Morgan fingerprint density at radius 3 is 2.50 bits per heavy atom. The molecular formula is C13H22N2O3. The van der Waals surface area contributed by atoms with Gasteiger partial charge in [0.15, 0.2) is 0 Å². The van der Waals surface area contributed by atoms with Crippen LogP contribution in [-0.2, 0) is 9.59 Å². The second kappa shape index (κ2) is 6.18. The average molecular weight is 254 g/mol. The summed E-state index contributed by atoms with van der Waals surface area (Å²) in [6.07, 6.45) is 6.18. The van der Waals surface area contributed by atoms with Gasteiger partial charge in [0.05, 0.1) is 12.6 Å². The van der Waals surface area contributed by atoms with Gasteiger partial charge >= 0.3 is 0 Å². The summed E-state index contributed by atoms with van der Waals surface area (Å²) in [6, 6.07) is 0. The predicted molar refractivity (Wildman–Crippen MR) is 66.8 cm³/mol. The summed E-state index contributed by atoms with van der Waals surface area (Å²) >= 11 is 0. The Labute approximate surface area is 108 Å². The van der Waals surface area contributed by atoms with E-state index >= 15 is 0 Å². The maximum Gasteiger partial charge on any atom is 0.242 e. The van der Waals surface area contributed by atoms with Crippen LogP contribution in [-0.4, -0.2) is 47.6 Å². The monoisotopic (exact) mass is 254 g/mol. The van der Waals surface area contributed by atoms with Crippen LogP contribution in [0.15, 0.2) is 0 Å². The summed E-state index contributed by atoms with van der Waals surface area (Å²) < 4.78 is 0. The zero-order chi connectivity index (χ0) is 13.0. The van der Waals surface area contributed by atoms with E-state index < -0.39 is 0 Å². The molecule has 102 valence electrons. The van der Waals surface area contributed by atoms with E-state index in [1.165, 1.54) is 25.7 Å². The van der Waals surface area contributed by atoms with Crippen molar-refractivity contribution in [1.82, 2.24) is 10.2 Å². The molecule has 2 amide bonds. The molecule has 2 N–H and O–H groups in total. The molecule has 0 aromatic heterocycles. The van der Waals surface area contributed by atoms with Gasteiger partial charge in [-0.2, -0.15) is 0 Å². The number of nitrogens with zero attached hydrogens (tertiary/aromatic N) is 1. The van der Waals surface area contributed by atoms with Crippen molar-refractivity contribution in [2.45, 2.75) is 44.6 Å². The largest absolute Gasteiger partial charge is 0.389 e. The smallest absolute Gasteiger partial charge is 0.242 e. The van der Waals surface area contributed by atoms with Crippen molar-refractivity contribution in [2.75, 3.05) is 19.6 Å². The number of carbonyl (C=O) groups is 2. The molecule has 1 aliphatic heterocycles. The van der Waals surface area contributed by atoms with E-state index in [1.807, 2.05) is 0 Å². The number of likely N-dealkylation sites (tertiary alicyclic amines) is 1. The Kier molecular flexibility index (Phi) is 4.58. The van der Waals surface area contributed by atoms with Gasteiger partial charge in [-0.25, -0.2) is 0 Å². The van der Waals surface area contributed by atoms with E-state index in [4.69, 9.17) is 5.11 Å². The first-order valence-electron chi connectivity index (χ1n) is 6.87. The van der Waals surface area contributed by atoms with Crippen molar-refractivity contribution < 1.29 is 14.7 Å². The Hall–Kier alpha value is -1.10. The number of carbonyl (C=O) groups excluding carboxylic acids is 2. The second-order valence-corrected chi connectivity index (χ2v) is 5.42. The van der Waals surface area contributed by atoms with E-state index in [-0.39, 0.29) is 24.5 Å². The van der Waals surface area contributed by atoms with Gasteiger partial charge in [0.25, 0.3) is 0 Å². The molecule has 0 aromatic rings. The molecule has 2 fully saturated rings. The molecule has 0 unspecified atom stereocenters. The number of nitrogens with one attached hydrogen (secondary N) is 1. The number of hydrogen-bond acceptors (Lipinski definition) is 3. The van der Waals surface area contributed by atoms with Gasteiger partial charge in [-0.05, 0) is 12.3 Å². The van der Waals surface area contributed by atoms with Crippen LogP contribution in [0.5, 0.6) is 0 Å². The van der Waals surface area contributed by atoms with Gasteiger partial charge in [-0.1, -0.05) is 25.7 Å². The Morgan fingerprint density at radius 1 is 1.22 bits per heavy atom. The van der Waals surface area contributed by atoms with Crippen LogP contribution >= 0.6 is 0 Å². The maximum absolute atomic E-state index is 11.6. The number of amides is 2. The molecule has 2 rings (SSSR count). The van der Waals surface area contributed by atoms with Crippen LogP contribution in [0.2, 0.25) is 0 Å². The fraction of sp³-hybridized carbons (Fsp3) is 0.846. The Balaban J connectivity index is 1.55. The summed E-state index contributed by atoms with van der Waals surface area (Å²) in [7, 11) is 0. The quantitative estimate of drug-likeness (QED) is 0.740. The number of hydrogen-bond donors (Lipinski definition) is 2. The summed E-state index contributed by atoms with van der Waals surface area (Å²) in [6.45, 7) is 0.865. The minimum Gasteiger partial charge on any atom is -0.389 e. The van der Waals surface area contributed by atoms with Gasteiger partial charge in [-0.3, -0.25) is 9.59 Å². The topological polar surface area (TPSA) is 69.6 Å². The van der Waals surface area contributed by atoms with Crippen molar-refractivity contribution >= 4 is 11.8 Å². The number of aliphatic hydroxyl groups is 1. The van der Waals surface area contributed by atoms with Crippen LogP contribution in [0.4, 0.5) is 0 Å². The van der Waals surface area contributed by atoms with Gasteiger partial charge in [0.1, 0.15) is 0 Å². The maximum atomic E-state index is 11.6. The van der Waals surface area contributed by atoms with E-state index in [0.29, 0.717) is 25.4 Å². The highest BCUT2D eigenvalue weighted by Gasteiger charge is 2.28. The molecule has 2 aliphatic rings. The normalized spacial score (nSPS) is 20.8. The minimum atomic E-state index is -0.382. The molecule has 0 radical (unpaired) electrons. The van der Waals surface area contributed by atoms with Crippen LogP contribution in [0.25, 0.3) is 0 Å². The molecule has 1 saturated heterocycles. The van der Waals surface area contributed by atoms with E-state index in [1.54, 1.807) is 4.90 Å². The van der Waals surface area contributed by atoms with Gasteiger partial charge in [0.2, 0.25) is 11.8 Å². The Bertz CT molecular complexity index is 307. The molecule has 18 heavy (non-hydrogen) atoms. The van der Waals surface area contributed by atoms with E-state index in [2.05, 4.69) is 5.32 Å². The summed E-state index contributed by atoms with van der Waals surface area (Å²) in [5, 5.41) is 11.7. The Morgan fingerprint density at radius 2 is 1.89 bits per heavy atom. The molecular weight excluding hydrogens is 232 g/mol. The highest BCUT2D eigenvalue weighted by molar-refractivity contribution is 5.85. The molecule has 5 nitrogen and oxygen atoms in total. The third-order valence-corrected chi connectivity index (χ3v) is 3.91. The first kappa shape index (κ1) is 13.3. The lowest BCUT2D eigenvalue weighted by atomic mass is 10.0. The van der Waals surface area contributed by atoms with Gasteiger partial charge < -0.3 is 15.3 Å². The first-order chi connectivity index (χ1) is 8.65. The first-order valence-corrected chi connectivity index (χ1v) is 6.87. The fourth-order valence-corrected chi connectivity index (χ4v) is 2.67. The third kappa shape index (κ3) is 3.70. The third-order valence-electron chi connectivity index (χ3n) is 3.91. The second-order valence-electron chi connectivity index (χ2n) is 5.42. The van der Waals surface area contributed by atoms with Crippen molar-refractivity contribution in [3.8, 4) is 0 Å². The van der Waals surface area contributed by atoms with Crippen molar-refractivity contribution in [3.05, 3.63) is 0 Å². The minimum absolute atomic E-state index is 0.0312. The molecule has 0 aromatic carbocycles. The van der Waals surface area contributed by atoms with Gasteiger partial charge in [-0.15, -0.1) is 0 Å². The highest BCUT2D eigenvalue weighted by Crippen LogP contribution is 2.28. The predicted octanol–water partition coefficient (Wildman–Crippen LogP) is 0.276. The highest BCUT2D eigenvalue weighted by atomic mass is 16.3. The molecule has 0 bridgehead atoms. The van der Waals surface area contributed by atoms with Gasteiger partial charge in [0, 0.05) is 19.5 Å². The molecule has 1 aliphatic carbocycles. The summed E-state index contributed by atoms with van der Waals surface area (Å²) in [5.41, 5.74) is 0. The van der Waals surface area contributed by atoms with Crippen LogP contribution in [0, 0.1) is 5.92 Å².